The molecule has 0 fully saturated rings. The SMILES string of the molecule is CC(=O)c1ccc(NC2C=C(C)CCC2)cc1. The number of nitrogens with one attached hydrogen (secondary N) is 1. The number of benzene rings is 1. The topological polar surface area (TPSA) is 29.1 Å². The Bertz CT molecular complexity index is 431. The summed E-state index contributed by atoms with van der Waals surface area (Å²) < 4.78 is 0. The van der Waals surface area contributed by atoms with Gasteiger partial charge in [-0.1, -0.05) is 11.6 Å². The second-order valence-corrected chi connectivity index (χ2v) is 4.79. The fourth-order valence-electron chi connectivity index (χ4n) is 2.24. The number of hydrogen-bond acceptors (Lipinski definition) is 2. The number of carbonyl (C=O) groups is 1. The molecule has 17 heavy (non-hydrogen) atoms. The Morgan fingerprint density at radius 1 is 1.29 bits per heavy atom. The van der Waals surface area contributed by atoms with Crippen LogP contribution in [0.25, 0.3) is 0 Å². The normalized spacial score (nSPS) is 19.6. The van der Waals surface area contributed by atoms with Crippen molar-refractivity contribution in [2.75, 3.05) is 5.32 Å². The van der Waals surface area contributed by atoms with E-state index in [-0.39, 0.29) is 5.78 Å². The molecule has 0 saturated heterocycles. The fourth-order valence-corrected chi connectivity index (χ4v) is 2.24. The zero-order valence-electron chi connectivity index (χ0n) is 10.5. The van der Waals surface area contributed by atoms with E-state index in [9.17, 15) is 4.79 Å². The van der Waals surface area contributed by atoms with E-state index in [1.165, 1.54) is 24.8 Å². The molecule has 2 rings (SSSR count). The highest BCUT2D eigenvalue weighted by molar-refractivity contribution is 5.94. The molecule has 0 aromatic heterocycles. The molecule has 2 heteroatoms. The van der Waals surface area contributed by atoms with Gasteiger partial charge in [0.15, 0.2) is 5.78 Å². The van der Waals surface area contributed by atoms with Crippen LogP contribution in [-0.2, 0) is 0 Å². The molecule has 90 valence electrons. The van der Waals surface area contributed by atoms with Crippen LogP contribution in [-0.4, -0.2) is 11.8 Å². The summed E-state index contributed by atoms with van der Waals surface area (Å²) in [5.41, 5.74) is 3.32. The van der Waals surface area contributed by atoms with Crippen LogP contribution in [0.3, 0.4) is 0 Å². The first-order valence-electron chi connectivity index (χ1n) is 6.20. The molecule has 1 atom stereocenters. The second kappa shape index (κ2) is 5.17. The van der Waals surface area contributed by atoms with Gasteiger partial charge in [-0.05, 0) is 57.4 Å². The van der Waals surface area contributed by atoms with Gasteiger partial charge in [0.1, 0.15) is 0 Å². The summed E-state index contributed by atoms with van der Waals surface area (Å²) in [4.78, 5) is 11.2. The lowest BCUT2D eigenvalue weighted by Gasteiger charge is -2.21. The van der Waals surface area contributed by atoms with Gasteiger partial charge in [-0.2, -0.15) is 0 Å². The first-order chi connectivity index (χ1) is 8.15. The van der Waals surface area contributed by atoms with Crippen molar-refractivity contribution in [1.29, 1.82) is 0 Å². The molecule has 0 heterocycles. The number of hydrogen-bond donors (Lipinski definition) is 1. The van der Waals surface area contributed by atoms with Crippen molar-refractivity contribution in [3.8, 4) is 0 Å². The lowest BCUT2D eigenvalue weighted by Crippen LogP contribution is -2.19. The predicted octanol–water partition coefficient (Wildman–Crippen LogP) is 3.80. The highest BCUT2D eigenvalue weighted by atomic mass is 16.1. The van der Waals surface area contributed by atoms with Crippen molar-refractivity contribution >= 4 is 11.5 Å². The molecule has 1 aromatic carbocycles. The van der Waals surface area contributed by atoms with Crippen LogP contribution in [0, 0.1) is 0 Å². The van der Waals surface area contributed by atoms with Crippen LogP contribution < -0.4 is 5.32 Å². The van der Waals surface area contributed by atoms with Crippen LogP contribution in [0.4, 0.5) is 5.69 Å². The first-order valence-corrected chi connectivity index (χ1v) is 6.20. The molecule has 0 bridgehead atoms. The van der Waals surface area contributed by atoms with Crippen molar-refractivity contribution in [2.45, 2.75) is 39.2 Å². The summed E-state index contributed by atoms with van der Waals surface area (Å²) in [6.07, 6.45) is 5.97. The first kappa shape index (κ1) is 11.9. The Labute approximate surface area is 103 Å². The van der Waals surface area contributed by atoms with Crippen LogP contribution >= 0.6 is 0 Å². The van der Waals surface area contributed by atoms with Crippen molar-refractivity contribution in [1.82, 2.24) is 0 Å². The maximum Gasteiger partial charge on any atom is 0.159 e. The highest BCUT2D eigenvalue weighted by Crippen LogP contribution is 2.21. The molecule has 1 aliphatic carbocycles. The third kappa shape index (κ3) is 3.19. The standard InChI is InChI=1S/C15H19NO/c1-11-4-3-5-15(10-11)16-14-8-6-13(7-9-14)12(2)17/h6-10,15-16H,3-5H2,1-2H3. The van der Waals surface area contributed by atoms with E-state index in [2.05, 4.69) is 18.3 Å². The summed E-state index contributed by atoms with van der Waals surface area (Å²) in [7, 11) is 0. The van der Waals surface area contributed by atoms with Gasteiger partial charge < -0.3 is 5.32 Å². The summed E-state index contributed by atoms with van der Waals surface area (Å²) in [6.45, 7) is 3.78. The Morgan fingerprint density at radius 3 is 2.59 bits per heavy atom. The predicted molar refractivity (Wildman–Crippen MR) is 71.5 cm³/mol. The van der Waals surface area contributed by atoms with E-state index in [1.54, 1.807) is 6.92 Å². The van der Waals surface area contributed by atoms with E-state index in [0.29, 0.717) is 6.04 Å². The molecule has 1 N–H and O–H groups in total. The number of anilines is 1. The number of Topliss-reactive ketones (excluding diaryl/α,β-unsaturated/α-hetero) is 1. The zero-order valence-corrected chi connectivity index (χ0v) is 10.5. The third-order valence-corrected chi connectivity index (χ3v) is 3.22. The van der Waals surface area contributed by atoms with Gasteiger partial charge in [0.05, 0.1) is 0 Å². The molecule has 0 spiro atoms. The van der Waals surface area contributed by atoms with E-state index >= 15 is 0 Å². The highest BCUT2D eigenvalue weighted by Gasteiger charge is 2.10. The largest absolute Gasteiger partial charge is 0.379 e. The van der Waals surface area contributed by atoms with Gasteiger partial charge in [0.25, 0.3) is 0 Å². The maximum absolute atomic E-state index is 11.2. The Morgan fingerprint density at radius 2 is 2.00 bits per heavy atom. The Balaban J connectivity index is 2.04. The quantitative estimate of drug-likeness (QED) is 0.631. The molecular formula is C15H19NO. The molecule has 1 unspecified atom stereocenters. The summed E-state index contributed by atoms with van der Waals surface area (Å²) in [5.74, 6) is 0.116. The minimum absolute atomic E-state index is 0.116. The summed E-state index contributed by atoms with van der Waals surface area (Å²) >= 11 is 0. The Hall–Kier alpha value is -1.57. The van der Waals surface area contributed by atoms with Crippen molar-refractivity contribution < 1.29 is 4.79 Å². The monoisotopic (exact) mass is 229 g/mol. The number of allylic oxidation sites excluding steroid dienone is 1. The van der Waals surface area contributed by atoms with Crippen molar-refractivity contribution in [3.05, 3.63) is 41.5 Å². The van der Waals surface area contributed by atoms with Crippen LogP contribution in [0.5, 0.6) is 0 Å². The fraction of sp³-hybridized carbons (Fsp3) is 0.400. The molecular weight excluding hydrogens is 210 g/mol. The number of carbonyl (C=O) groups excluding carboxylic acids is 1. The number of rotatable bonds is 3. The van der Waals surface area contributed by atoms with Gasteiger partial charge in [0.2, 0.25) is 0 Å². The molecule has 0 saturated carbocycles. The smallest absolute Gasteiger partial charge is 0.159 e. The molecule has 2 nitrogen and oxygen atoms in total. The second-order valence-electron chi connectivity index (χ2n) is 4.79. The van der Waals surface area contributed by atoms with E-state index in [4.69, 9.17) is 0 Å². The summed E-state index contributed by atoms with van der Waals surface area (Å²) in [5, 5.41) is 3.49. The third-order valence-electron chi connectivity index (χ3n) is 3.22. The van der Waals surface area contributed by atoms with Gasteiger partial charge >= 0.3 is 0 Å². The Kier molecular flexibility index (Phi) is 3.62. The zero-order chi connectivity index (χ0) is 12.3. The van der Waals surface area contributed by atoms with Crippen LogP contribution in [0.15, 0.2) is 35.9 Å². The molecule has 0 aliphatic heterocycles. The maximum atomic E-state index is 11.2. The average Bonchev–Trinajstić information content (AvgIpc) is 2.29. The minimum atomic E-state index is 0.116. The molecule has 1 aliphatic rings. The molecule has 0 radical (unpaired) electrons. The lowest BCUT2D eigenvalue weighted by atomic mass is 9.96. The average molecular weight is 229 g/mol. The van der Waals surface area contributed by atoms with Gasteiger partial charge in [-0.3, -0.25) is 4.79 Å². The van der Waals surface area contributed by atoms with Crippen molar-refractivity contribution in [2.24, 2.45) is 0 Å². The minimum Gasteiger partial charge on any atom is -0.379 e. The van der Waals surface area contributed by atoms with Gasteiger partial charge in [-0.15, -0.1) is 0 Å². The van der Waals surface area contributed by atoms with Crippen LogP contribution in [0.1, 0.15) is 43.5 Å². The molecule has 1 aromatic rings. The number of ketones is 1. The van der Waals surface area contributed by atoms with E-state index < -0.39 is 0 Å². The van der Waals surface area contributed by atoms with E-state index in [0.717, 1.165) is 11.3 Å². The van der Waals surface area contributed by atoms with Crippen molar-refractivity contribution in [3.63, 3.8) is 0 Å². The molecule has 0 amide bonds. The van der Waals surface area contributed by atoms with Gasteiger partial charge in [-0.25, -0.2) is 0 Å². The van der Waals surface area contributed by atoms with Gasteiger partial charge in [0, 0.05) is 17.3 Å². The van der Waals surface area contributed by atoms with Crippen LogP contribution in [0.2, 0.25) is 0 Å². The van der Waals surface area contributed by atoms with E-state index in [1.807, 2.05) is 24.3 Å². The lowest BCUT2D eigenvalue weighted by molar-refractivity contribution is 0.101. The summed E-state index contributed by atoms with van der Waals surface area (Å²) in [6, 6.07) is 8.16.